The highest BCUT2D eigenvalue weighted by molar-refractivity contribution is 6.30. The van der Waals surface area contributed by atoms with Crippen LogP contribution in [0.2, 0.25) is 5.02 Å². The molecule has 84 valence electrons. The zero-order valence-corrected chi connectivity index (χ0v) is 8.84. The Labute approximate surface area is 91.4 Å². The van der Waals surface area contributed by atoms with E-state index in [9.17, 15) is 8.78 Å². The summed E-state index contributed by atoms with van der Waals surface area (Å²) in [4.78, 5) is 0. The third-order valence-electron chi connectivity index (χ3n) is 1.99. The van der Waals surface area contributed by atoms with Crippen LogP contribution in [0, 0.1) is 0 Å². The van der Waals surface area contributed by atoms with E-state index in [1.807, 2.05) is 0 Å². The molecule has 0 spiro atoms. The number of aliphatic hydroxyl groups is 1. The third kappa shape index (κ3) is 3.32. The normalized spacial score (nSPS) is 12.9. The average Bonchev–Trinajstić information content (AvgIpc) is 2.19. The summed E-state index contributed by atoms with van der Waals surface area (Å²) in [6.07, 6.45) is 0. The number of alkyl halides is 2. The number of benzene rings is 1. The molecule has 0 radical (unpaired) electrons. The molecule has 15 heavy (non-hydrogen) atoms. The van der Waals surface area contributed by atoms with E-state index in [2.05, 4.69) is 4.74 Å². The quantitative estimate of drug-likeness (QED) is 0.871. The first-order valence-corrected chi connectivity index (χ1v) is 4.77. The summed E-state index contributed by atoms with van der Waals surface area (Å²) >= 11 is 5.73. The van der Waals surface area contributed by atoms with Crippen molar-refractivity contribution in [3.05, 3.63) is 28.8 Å². The van der Waals surface area contributed by atoms with Gasteiger partial charge in [-0.2, -0.15) is 8.78 Å². The molecule has 0 saturated heterocycles. The molecule has 1 rings (SSSR count). The number of aliphatic hydroxyl groups excluding tert-OH is 1. The molecule has 0 heterocycles. The third-order valence-corrected chi connectivity index (χ3v) is 2.23. The van der Waals surface area contributed by atoms with Crippen molar-refractivity contribution in [1.82, 2.24) is 0 Å². The van der Waals surface area contributed by atoms with Crippen LogP contribution in [0.25, 0.3) is 0 Å². The second kappa shape index (κ2) is 5.28. The minimum absolute atomic E-state index is 0.0518. The molecule has 5 heteroatoms. The van der Waals surface area contributed by atoms with Gasteiger partial charge in [-0.05, 0) is 18.2 Å². The fourth-order valence-electron chi connectivity index (χ4n) is 1.21. The number of ether oxygens (including phenoxy) is 1. The van der Waals surface area contributed by atoms with E-state index in [4.69, 9.17) is 16.7 Å². The van der Waals surface area contributed by atoms with E-state index in [1.165, 1.54) is 18.2 Å². The Balaban J connectivity index is 3.02. The molecule has 0 aliphatic heterocycles. The van der Waals surface area contributed by atoms with Gasteiger partial charge in [0, 0.05) is 23.1 Å². The van der Waals surface area contributed by atoms with E-state index in [1.54, 1.807) is 6.92 Å². The Kier molecular flexibility index (Phi) is 4.29. The van der Waals surface area contributed by atoms with Gasteiger partial charge in [-0.1, -0.05) is 18.5 Å². The molecule has 1 unspecified atom stereocenters. The van der Waals surface area contributed by atoms with Gasteiger partial charge < -0.3 is 9.84 Å². The lowest BCUT2D eigenvalue weighted by Gasteiger charge is -2.14. The second-order valence-electron chi connectivity index (χ2n) is 3.14. The highest BCUT2D eigenvalue weighted by atomic mass is 35.5. The molecule has 0 saturated carbocycles. The number of hydrogen-bond acceptors (Lipinski definition) is 2. The van der Waals surface area contributed by atoms with Gasteiger partial charge in [0.25, 0.3) is 0 Å². The van der Waals surface area contributed by atoms with Gasteiger partial charge in [-0.25, -0.2) is 0 Å². The molecule has 0 aliphatic rings. The standard InChI is InChI=1S/C10H11ClF2O2/c1-6(5-14)8-4-7(11)2-3-9(8)15-10(12)13/h2-4,6,10,14H,5H2,1H3. The Morgan fingerprint density at radius 1 is 1.47 bits per heavy atom. The molecule has 1 aromatic carbocycles. The molecule has 1 N–H and O–H groups in total. The lowest BCUT2D eigenvalue weighted by Crippen LogP contribution is -2.07. The van der Waals surface area contributed by atoms with Crippen molar-refractivity contribution < 1.29 is 18.6 Å². The second-order valence-corrected chi connectivity index (χ2v) is 3.58. The van der Waals surface area contributed by atoms with Gasteiger partial charge in [0.15, 0.2) is 0 Å². The topological polar surface area (TPSA) is 29.5 Å². The van der Waals surface area contributed by atoms with Crippen molar-refractivity contribution in [2.45, 2.75) is 19.5 Å². The van der Waals surface area contributed by atoms with E-state index in [0.29, 0.717) is 10.6 Å². The summed E-state index contributed by atoms with van der Waals surface area (Å²) < 4.78 is 28.4. The van der Waals surface area contributed by atoms with E-state index in [-0.39, 0.29) is 18.3 Å². The van der Waals surface area contributed by atoms with E-state index >= 15 is 0 Å². The Bertz CT molecular complexity index is 331. The van der Waals surface area contributed by atoms with Crippen LogP contribution >= 0.6 is 11.6 Å². The Hall–Kier alpha value is -0.870. The van der Waals surface area contributed by atoms with Crippen LogP contribution in [0.4, 0.5) is 8.78 Å². The smallest absolute Gasteiger partial charge is 0.387 e. The zero-order valence-electron chi connectivity index (χ0n) is 8.08. The molecule has 0 bridgehead atoms. The summed E-state index contributed by atoms with van der Waals surface area (Å²) in [7, 11) is 0. The lowest BCUT2D eigenvalue weighted by atomic mass is 10.0. The van der Waals surface area contributed by atoms with Gasteiger partial charge in [0.2, 0.25) is 0 Å². The first-order chi connectivity index (χ1) is 7.04. The minimum Gasteiger partial charge on any atom is -0.435 e. The van der Waals surface area contributed by atoms with Crippen LogP contribution in [-0.2, 0) is 0 Å². The summed E-state index contributed by atoms with van der Waals surface area (Å²) in [6, 6.07) is 4.35. The highest BCUT2D eigenvalue weighted by Crippen LogP contribution is 2.30. The molecule has 1 aromatic rings. The van der Waals surface area contributed by atoms with Crippen molar-refractivity contribution in [1.29, 1.82) is 0 Å². The lowest BCUT2D eigenvalue weighted by molar-refractivity contribution is -0.0507. The van der Waals surface area contributed by atoms with Crippen molar-refractivity contribution in [3.63, 3.8) is 0 Å². The van der Waals surface area contributed by atoms with Crippen molar-refractivity contribution >= 4 is 11.6 Å². The van der Waals surface area contributed by atoms with Crippen LogP contribution in [-0.4, -0.2) is 18.3 Å². The van der Waals surface area contributed by atoms with Gasteiger partial charge >= 0.3 is 6.61 Å². The largest absolute Gasteiger partial charge is 0.435 e. The molecule has 0 aromatic heterocycles. The maximum atomic E-state index is 12.1. The van der Waals surface area contributed by atoms with Crippen LogP contribution in [0.3, 0.4) is 0 Å². The van der Waals surface area contributed by atoms with Gasteiger partial charge in [-0.3, -0.25) is 0 Å². The van der Waals surface area contributed by atoms with Gasteiger partial charge in [0.05, 0.1) is 0 Å². The van der Waals surface area contributed by atoms with E-state index in [0.717, 1.165) is 0 Å². The van der Waals surface area contributed by atoms with E-state index < -0.39 is 6.61 Å². The number of halogens is 3. The first-order valence-electron chi connectivity index (χ1n) is 4.39. The molecule has 1 atom stereocenters. The molecule has 0 fully saturated rings. The molecule has 2 nitrogen and oxygen atoms in total. The maximum absolute atomic E-state index is 12.1. The fraction of sp³-hybridized carbons (Fsp3) is 0.400. The Morgan fingerprint density at radius 3 is 2.67 bits per heavy atom. The van der Waals surface area contributed by atoms with Gasteiger partial charge in [-0.15, -0.1) is 0 Å². The molecular formula is C10H11ClF2O2. The summed E-state index contributed by atoms with van der Waals surface area (Å²) in [5.41, 5.74) is 0.477. The number of rotatable bonds is 4. The van der Waals surface area contributed by atoms with Crippen LogP contribution < -0.4 is 4.74 Å². The molecule has 0 amide bonds. The fourth-order valence-corrected chi connectivity index (χ4v) is 1.39. The summed E-state index contributed by atoms with van der Waals surface area (Å²) in [6.45, 7) is -1.33. The number of hydrogen-bond donors (Lipinski definition) is 1. The average molecular weight is 237 g/mol. The minimum atomic E-state index is -2.88. The zero-order chi connectivity index (χ0) is 11.4. The molecule has 0 aliphatic carbocycles. The highest BCUT2D eigenvalue weighted by Gasteiger charge is 2.14. The summed E-state index contributed by atoms with van der Waals surface area (Å²) in [5.74, 6) is -0.242. The van der Waals surface area contributed by atoms with Crippen LogP contribution in [0.5, 0.6) is 5.75 Å². The first kappa shape index (κ1) is 12.2. The van der Waals surface area contributed by atoms with Crippen molar-refractivity contribution in [2.24, 2.45) is 0 Å². The van der Waals surface area contributed by atoms with Crippen molar-refractivity contribution in [2.75, 3.05) is 6.61 Å². The maximum Gasteiger partial charge on any atom is 0.387 e. The SMILES string of the molecule is CC(CO)c1cc(Cl)ccc1OC(F)F. The van der Waals surface area contributed by atoms with Crippen molar-refractivity contribution in [3.8, 4) is 5.75 Å². The molecular weight excluding hydrogens is 226 g/mol. The monoisotopic (exact) mass is 236 g/mol. The predicted octanol–water partition coefficient (Wildman–Crippen LogP) is 3.04. The van der Waals surface area contributed by atoms with Crippen LogP contribution in [0.1, 0.15) is 18.4 Å². The Morgan fingerprint density at radius 2 is 2.13 bits per heavy atom. The summed E-state index contributed by atoms with van der Waals surface area (Å²) in [5, 5.41) is 9.37. The predicted molar refractivity (Wildman–Crippen MR) is 53.6 cm³/mol. The van der Waals surface area contributed by atoms with Gasteiger partial charge in [0.1, 0.15) is 5.75 Å². The van der Waals surface area contributed by atoms with Crippen LogP contribution in [0.15, 0.2) is 18.2 Å².